The number of rotatable bonds is 2. The molecule has 0 aliphatic carbocycles. The Morgan fingerprint density at radius 1 is 0.792 bits per heavy atom. The number of nitrogens with zero attached hydrogens (tertiary/aromatic N) is 2. The molecule has 3 aromatic carbocycles. The van der Waals surface area contributed by atoms with E-state index in [9.17, 15) is 4.79 Å². The van der Waals surface area contributed by atoms with Crippen molar-refractivity contribution in [1.29, 1.82) is 0 Å². The van der Waals surface area contributed by atoms with Gasteiger partial charge in [0.15, 0.2) is 0 Å². The molecule has 0 unspecified atom stereocenters. The molecule has 4 rings (SSSR count). The quantitative estimate of drug-likeness (QED) is 0.551. The van der Waals surface area contributed by atoms with E-state index in [0.29, 0.717) is 16.7 Å². The Morgan fingerprint density at radius 2 is 1.46 bits per heavy atom. The van der Waals surface area contributed by atoms with Gasteiger partial charge in [0, 0.05) is 5.56 Å². The third-order valence-electron chi connectivity index (χ3n) is 4.18. The number of aryl methyl sites for hydroxylation is 1. The lowest BCUT2D eigenvalue weighted by molar-refractivity contribution is 0.973. The van der Waals surface area contributed by atoms with E-state index in [0.717, 1.165) is 16.8 Å². The zero-order valence-corrected chi connectivity index (χ0v) is 13.3. The summed E-state index contributed by atoms with van der Waals surface area (Å²) >= 11 is 0. The Kier molecular flexibility index (Phi) is 3.47. The molecule has 0 saturated heterocycles. The lowest BCUT2D eigenvalue weighted by Gasteiger charge is -2.15. The molecular formula is C21H16N2O. The maximum Gasteiger partial charge on any atom is 0.266 e. The number of para-hydroxylation sites is 2. The lowest BCUT2D eigenvalue weighted by atomic mass is 10.1. The molecule has 0 saturated carbocycles. The SMILES string of the molecule is Cc1ccccc1-c1nc2ccccc2c(=O)n1-c1ccccc1. The van der Waals surface area contributed by atoms with Gasteiger partial charge in [0.2, 0.25) is 0 Å². The average molecular weight is 312 g/mol. The molecule has 0 spiro atoms. The largest absolute Gasteiger partial charge is 0.268 e. The van der Waals surface area contributed by atoms with Crippen LogP contribution in [0.15, 0.2) is 83.7 Å². The summed E-state index contributed by atoms with van der Waals surface area (Å²) in [6.07, 6.45) is 0. The minimum absolute atomic E-state index is 0.0509. The van der Waals surface area contributed by atoms with E-state index in [1.54, 1.807) is 4.57 Å². The van der Waals surface area contributed by atoms with E-state index in [-0.39, 0.29) is 5.56 Å². The monoisotopic (exact) mass is 312 g/mol. The number of aromatic nitrogens is 2. The van der Waals surface area contributed by atoms with Gasteiger partial charge in [-0.1, -0.05) is 54.6 Å². The van der Waals surface area contributed by atoms with Gasteiger partial charge in [-0.3, -0.25) is 9.36 Å². The molecular weight excluding hydrogens is 296 g/mol. The normalized spacial score (nSPS) is 10.9. The van der Waals surface area contributed by atoms with E-state index in [1.807, 2.05) is 85.8 Å². The van der Waals surface area contributed by atoms with Crippen molar-refractivity contribution in [2.45, 2.75) is 6.92 Å². The van der Waals surface area contributed by atoms with Crippen LogP contribution in [0.25, 0.3) is 28.0 Å². The minimum Gasteiger partial charge on any atom is -0.268 e. The summed E-state index contributed by atoms with van der Waals surface area (Å²) in [4.78, 5) is 18.0. The second-order valence-corrected chi connectivity index (χ2v) is 5.74. The number of fused-ring (bicyclic) bond motifs is 1. The van der Waals surface area contributed by atoms with E-state index < -0.39 is 0 Å². The third kappa shape index (κ3) is 2.31. The first-order valence-electron chi connectivity index (χ1n) is 7.89. The highest BCUT2D eigenvalue weighted by atomic mass is 16.1. The fraction of sp³-hybridized carbons (Fsp3) is 0.0476. The van der Waals surface area contributed by atoms with Crippen LogP contribution in [-0.4, -0.2) is 9.55 Å². The highest BCUT2D eigenvalue weighted by molar-refractivity contribution is 5.80. The van der Waals surface area contributed by atoms with Crippen LogP contribution in [0.1, 0.15) is 5.56 Å². The summed E-state index contributed by atoms with van der Waals surface area (Å²) in [5.41, 5.74) is 3.53. The molecule has 0 aliphatic heterocycles. The number of hydrogen-bond donors (Lipinski definition) is 0. The Balaban J connectivity index is 2.16. The topological polar surface area (TPSA) is 34.9 Å². The summed E-state index contributed by atoms with van der Waals surface area (Å²) in [6.45, 7) is 2.03. The maximum absolute atomic E-state index is 13.2. The second-order valence-electron chi connectivity index (χ2n) is 5.74. The molecule has 0 bridgehead atoms. The minimum atomic E-state index is -0.0509. The van der Waals surface area contributed by atoms with Crippen LogP contribution in [-0.2, 0) is 0 Å². The molecule has 3 heteroatoms. The highest BCUT2D eigenvalue weighted by Gasteiger charge is 2.15. The van der Waals surface area contributed by atoms with Crippen LogP contribution in [0, 0.1) is 6.92 Å². The summed E-state index contributed by atoms with van der Waals surface area (Å²) in [5, 5.41) is 0.624. The van der Waals surface area contributed by atoms with Crippen LogP contribution in [0.3, 0.4) is 0 Å². The standard InChI is InChI=1S/C21H16N2O/c1-15-9-5-6-12-17(15)20-22-19-14-8-7-13-18(19)21(24)23(20)16-10-3-2-4-11-16/h2-14H,1H3. The zero-order chi connectivity index (χ0) is 16.5. The van der Waals surface area contributed by atoms with Gasteiger partial charge in [0.05, 0.1) is 16.6 Å². The first-order valence-corrected chi connectivity index (χ1v) is 7.89. The summed E-state index contributed by atoms with van der Waals surface area (Å²) in [7, 11) is 0. The Hall–Kier alpha value is -3.20. The van der Waals surface area contributed by atoms with Crippen LogP contribution in [0.4, 0.5) is 0 Å². The fourth-order valence-corrected chi connectivity index (χ4v) is 2.95. The molecule has 0 amide bonds. The summed E-state index contributed by atoms with van der Waals surface area (Å²) in [6, 6.07) is 25.1. The van der Waals surface area contributed by atoms with Gasteiger partial charge in [-0.2, -0.15) is 0 Å². The van der Waals surface area contributed by atoms with Crippen molar-refractivity contribution in [3.63, 3.8) is 0 Å². The summed E-state index contributed by atoms with van der Waals surface area (Å²) < 4.78 is 1.70. The predicted octanol–water partition coefficient (Wildman–Crippen LogP) is 4.36. The molecule has 0 radical (unpaired) electrons. The van der Waals surface area contributed by atoms with E-state index in [1.165, 1.54) is 0 Å². The first-order chi connectivity index (χ1) is 11.8. The summed E-state index contributed by atoms with van der Waals surface area (Å²) in [5.74, 6) is 0.669. The van der Waals surface area contributed by atoms with Gasteiger partial charge in [-0.05, 0) is 36.8 Å². The van der Waals surface area contributed by atoms with Crippen molar-refractivity contribution in [3.05, 3.63) is 94.8 Å². The highest BCUT2D eigenvalue weighted by Crippen LogP contribution is 2.24. The third-order valence-corrected chi connectivity index (χ3v) is 4.18. The Labute approximate surface area is 139 Å². The second kappa shape index (κ2) is 5.78. The molecule has 116 valence electrons. The van der Waals surface area contributed by atoms with Crippen molar-refractivity contribution in [2.75, 3.05) is 0 Å². The van der Waals surface area contributed by atoms with E-state index in [4.69, 9.17) is 4.98 Å². The van der Waals surface area contributed by atoms with Gasteiger partial charge in [0.1, 0.15) is 5.82 Å². The lowest BCUT2D eigenvalue weighted by Crippen LogP contribution is -2.22. The Morgan fingerprint density at radius 3 is 2.25 bits per heavy atom. The van der Waals surface area contributed by atoms with Gasteiger partial charge < -0.3 is 0 Å². The van der Waals surface area contributed by atoms with Gasteiger partial charge in [0.25, 0.3) is 5.56 Å². The van der Waals surface area contributed by atoms with Crippen LogP contribution < -0.4 is 5.56 Å². The van der Waals surface area contributed by atoms with Crippen LogP contribution in [0.5, 0.6) is 0 Å². The number of benzene rings is 3. The predicted molar refractivity (Wildman–Crippen MR) is 97.5 cm³/mol. The first kappa shape index (κ1) is 14.4. The molecule has 0 atom stereocenters. The zero-order valence-electron chi connectivity index (χ0n) is 13.3. The molecule has 3 nitrogen and oxygen atoms in total. The molecule has 0 N–H and O–H groups in total. The molecule has 0 aliphatic rings. The molecule has 24 heavy (non-hydrogen) atoms. The number of hydrogen-bond acceptors (Lipinski definition) is 2. The van der Waals surface area contributed by atoms with Crippen LogP contribution >= 0.6 is 0 Å². The Bertz CT molecular complexity index is 1080. The van der Waals surface area contributed by atoms with Crippen molar-refractivity contribution >= 4 is 10.9 Å². The average Bonchev–Trinajstić information content (AvgIpc) is 2.63. The van der Waals surface area contributed by atoms with Crippen molar-refractivity contribution in [2.24, 2.45) is 0 Å². The van der Waals surface area contributed by atoms with E-state index >= 15 is 0 Å². The van der Waals surface area contributed by atoms with Gasteiger partial charge >= 0.3 is 0 Å². The molecule has 0 fully saturated rings. The smallest absolute Gasteiger partial charge is 0.266 e. The van der Waals surface area contributed by atoms with Crippen molar-refractivity contribution in [1.82, 2.24) is 9.55 Å². The maximum atomic E-state index is 13.2. The molecule has 1 aromatic heterocycles. The fourth-order valence-electron chi connectivity index (χ4n) is 2.95. The molecule has 1 heterocycles. The molecule has 4 aromatic rings. The van der Waals surface area contributed by atoms with E-state index in [2.05, 4.69) is 0 Å². The van der Waals surface area contributed by atoms with Crippen LogP contribution in [0.2, 0.25) is 0 Å². The van der Waals surface area contributed by atoms with Gasteiger partial charge in [-0.25, -0.2) is 4.98 Å². The van der Waals surface area contributed by atoms with Gasteiger partial charge in [-0.15, -0.1) is 0 Å². The van der Waals surface area contributed by atoms with Crippen molar-refractivity contribution < 1.29 is 0 Å². The van der Waals surface area contributed by atoms with Crippen molar-refractivity contribution in [3.8, 4) is 17.1 Å².